The molecule has 1 heterocycles. The number of hydrogen-bond acceptors (Lipinski definition) is 2. The van der Waals surface area contributed by atoms with E-state index in [1.807, 2.05) is 45.0 Å². The van der Waals surface area contributed by atoms with Gasteiger partial charge in [0.05, 0.1) is 0 Å². The molecule has 0 saturated carbocycles. The third-order valence-electron chi connectivity index (χ3n) is 1.59. The van der Waals surface area contributed by atoms with Gasteiger partial charge in [-0.05, 0) is 32.9 Å². The van der Waals surface area contributed by atoms with Crippen LogP contribution >= 0.6 is 0 Å². The molecule has 0 bridgehead atoms. The SMILES string of the molecule is CC(C)=CCOc1cccc(C)n1. The largest absolute Gasteiger partial charge is 0.473 e. The lowest BCUT2D eigenvalue weighted by Gasteiger charge is -2.02. The van der Waals surface area contributed by atoms with Crippen molar-refractivity contribution in [3.05, 3.63) is 35.5 Å². The molecule has 0 fully saturated rings. The predicted molar refractivity (Wildman–Crippen MR) is 53.9 cm³/mol. The monoisotopic (exact) mass is 177 g/mol. The van der Waals surface area contributed by atoms with E-state index in [1.54, 1.807) is 0 Å². The van der Waals surface area contributed by atoms with Crippen LogP contribution in [0.15, 0.2) is 29.8 Å². The van der Waals surface area contributed by atoms with Gasteiger partial charge in [0.1, 0.15) is 6.61 Å². The average molecular weight is 177 g/mol. The molecule has 1 aromatic rings. The van der Waals surface area contributed by atoms with Crippen molar-refractivity contribution in [3.63, 3.8) is 0 Å². The minimum atomic E-state index is 0.596. The normalized spacial score (nSPS) is 9.46. The molecule has 0 aliphatic heterocycles. The van der Waals surface area contributed by atoms with Crippen molar-refractivity contribution >= 4 is 0 Å². The van der Waals surface area contributed by atoms with E-state index in [0.29, 0.717) is 12.5 Å². The lowest BCUT2D eigenvalue weighted by atomic mass is 10.3. The van der Waals surface area contributed by atoms with Crippen LogP contribution in [0.3, 0.4) is 0 Å². The summed E-state index contributed by atoms with van der Waals surface area (Å²) in [4.78, 5) is 4.22. The van der Waals surface area contributed by atoms with E-state index in [1.165, 1.54) is 5.57 Å². The van der Waals surface area contributed by atoms with Crippen LogP contribution in [0.4, 0.5) is 0 Å². The molecular formula is C11H15NO. The Kier molecular flexibility index (Phi) is 3.50. The zero-order chi connectivity index (χ0) is 9.68. The first-order valence-corrected chi connectivity index (χ1v) is 4.38. The second-order valence-corrected chi connectivity index (χ2v) is 3.21. The number of nitrogens with zero attached hydrogens (tertiary/aromatic N) is 1. The molecule has 0 aliphatic carbocycles. The maximum Gasteiger partial charge on any atom is 0.213 e. The summed E-state index contributed by atoms with van der Waals surface area (Å²) in [7, 11) is 0. The van der Waals surface area contributed by atoms with Crippen LogP contribution in [0.2, 0.25) is 0 Å². The number of aryl methyl sites for hydroxylation is 1. The zero-order valence-corrected chi connectivity index (χ0v) is 8.37. The highest BCUT2D eigenvalue weighted by atomic mass is 16.5. The molecule has 1 rings (SSSR count). The Morgan fingerprint density at radius 2 is 2.23 bits per heavy atom. The number of allylic oxidation sites excluding steroid dienone is 1. The molecule has 0 aromatic carbocycles. The molecule has 13 heavy (non-hydrogen) atoms. The topological polar surface area (TPSA) is 22.1 Å². The molecule has 0 saturated heterocycles. The van der Waals surface area contributed by atoms with E-state index >= 15 is 0 Å². The molecule has 0 unspecified atom stereocenters. The summed E-state index contributed by atoms with van der Waals surface area (Å²) in [5, 5.41) is 0. The molecule has 2 nitrogen and oxygen atoms in total. The number of pyridine rings is 1. The van der Waals surface area contributed by atoms with E-state index in [4.69, 9.17) is 4.74 Å². The van der Waals surface area contributed by atoms with Crippen LogP contribution in [0.5, 0.6) is 5.88 Å². The second kappa shape index (κ2) is 4.65. The Labute approximate surface area is 79.3 Å². The molecule has 70 valence electrons. The van der Waals surface area contributed by atoms with Crippen LogP contribution in [0.1, 0.15) is 19.5 Å². The standard InChI is InChI=1S/C11H15NO/c1-9(2)7-8-13-11-6-4-5-10(3)12-11/h4-7H,8H2,1-3H3. The molecule has 0 aliphatic rings. The van der Waals surface area contributed by atoms with E-state index in [9.17, 15) is 0 Å². The number of rotatable bonds is 3. The fraction of sp³-hybridized carbons (Fsp3) is 0.364. The van der Waals surface area contributed by atoms with Crippen molar-refractivity contribution in [1.82, 2.24) is 4.98 Å². The Morgan fingerprint density at radius 3 is 2.85 bits per heavy atom. The van der Waals surface area contributed by atoms with Crippen molar-refractivity contribution in [1.29, 1.82) is 0 Å². The summed E-state index contributed by atoms with van der Waals surface area (Å²) in [6.45, 7) is 6.65. The summed E-state index contributed by atoms with van der Waals surface area (Å²) in [5.74, 6) is 0.692. The molecule has 0 radical (unpaired) electrons. The highest BCUT2D eigenvalue weighted by Crippen LogP contribution is 2.06. The van der Waals surface area contributed by atoms with Gasteiger partial charge in [0.25, 0.3) is 0 Å². The molecule has 2 heteroatoms. The first-order valence-electron chi connectivity index (χ1n) is 4.38. The van der Waals surface area contributed by atoms with Gasteiger partial charge in [-0.15, -0.1) is 0 Å². The Balaban J connectivity index is 2.50. The minimum absolute atomic E-state index is 0.596. The van der Waals surface area contributed by atoms with Gasteiger partial charge in [-0.3, -0.25) is 0 Å². The highest BCUT2D eigenvalue weighted by Gasteiger charge is 1.92. The Hall–Kier alpha value is -1.31. The van der Waals surface area contributed by atoms with Gasteiger partial charge >= 0.3 is 0 Å². The first kappa shape index (κ1) is 9.78. The molecule has 1 aromatic heterocycles. The van der Waals surface area contributed by atoms with E-state index in [0.717, 1.165) is 5.69 Å². The molecule has 0 atom stereocenters. The van der Waals surface area contributed by atoms with Crippen LogP contribution in [-0.2, 0) is 0 Å². The quantitative estimate of drug-likeness (QED) is 0.662. The maximum absolute atomic E-state index is 5.41. The molecule has 0 amide bonds. The second-order valence-electron chi connectivity index (χ2n) is 3.21. The van der Waals surface area contributed by atoms with Gasteiger partial charge in [-0.25, -0.2) is 4.98 Å². The fourth-order valence-corrected chi connectivity index (χ4v) is 0.892. The summed E-state index contributed by atoms with van der Waals surface area (Å²) in [5.41, 5.74) is 2.24. The van der Waals surface area contributed by atoms with Crippen LogP contribution in [0.25, 0.3) is 0 Å². The predicted octanol–water partition coefficient (Wildman–Crippen LogP) is 2.74. The van der Waals surface area contributed by atoms with Crippen molar-refractivity contribution in [2.24, 2.45) is 0 Å². The van der Waals surface area contributed by atoms with E-state index in [-0.39, 0.29) is 0 Å². The van der Waals surface area contributed by atoms with Gasteiger partial charge in [-0.2, -0.15) is 0 Å². The Bertz CT molecular complexity index is 301. The van der Waals surface area contributed by atoms with Gasteiger partial charge in [0.2, 0.25) is 5.88 Å². The molecular weight excluding hydrogens is 162 g/mol. The third-order valence-corrected chi connectivity index (χ3v) is 1.59. The van der Waals surface area contributed by atoms with Crippen molar-refractivity contribution < 1.29 is 4.74 Å². The lowest BCUT2D eigenvalue weighted by molar-refractivity contribution is 0.347. The number of aromatic nitrogens is 1. The lowest BCUT2D eigenvalue weighted by Crippen LogP contribution is -1.96. The van der Waals surface area contributed by atoms with E-state index in [2.05, 4.69) is 4.98 Å². The zero-order valence-electron chi connectivity index (χ0n) is 8.37. The molecule has 0 spiro atoms. The van der Waals surface area contributed by atoms with Gasteiger partial charge < -0.3 is 4.74 Å². The average Bonchev–Trinajstić information content (AvgIpc) is 2.03. The minimum Gasteiger partial charge on any atom is -0.473 e. The highest BCUT2D eigenvalue weighted by molar-refractivity contribution is 5.15. The van der Waals surface area contributed by atoms with E-state index < -0.39 is 0 Å². The summed E-state index contributed by atoms with van der Waals surface area (Å²) in [6.07, 6.45) is 2.03. The van der Waals surface area contributed by atoms with Gasteiger partial charge in [-0.1, -0.05) is 11.6 Å². The summed E-state index contributed by atoms with van der Waals surface area (Å²) >= 11 is 0. The maximum atomic E-state index is 5.41. The van der Waals surface area contributed by atoms with Crippen molar-refractivity contribution in [2.45, 2.75) is 20.8 Å². The van der Waals surface area contributed by atoms with Gasteiger partial charge in [0, 0.05) is 11.8 Å². The van der Waals surface area contributed by atoms with Crippen LogP contribution < -0.4 is 4.74 Å². The summed E-state index contributed by atoms with van der Waals surface area (Å²) < 4.78 is 5.41. The third kappa shape index (κ3) is 3.74. The van der Waals surface area contributed by atoms with Crippen molar-refractivity contribution in [2.75, 3.05) is 6.61 Å². The van der Waals surface area contributed by atoms with Gasteiger partial charge in [0.15, 0.2) is 0 Å². The Morgan fingerprint density at radius 1 is 1.46 bits per heavy atom. The van der Waals surface area contributed by atoms with Crippen LogP contribution in [-0.4, -0.2) is 11.6 Å². The number of hydrogen-bond donors (Lipinski definition) is 0. The summed E-state index contributed by atoms with van der Waals surface area (Å²) in [6, 6.07) is 5.76. The van der Waals surface area contributed by atoms with Crippen LogP contribution in [0, 0.1) is 6.92 Å². The smallest absolute Gasteiger partial charge is 0.213 e. The molecule has 0 N–H and O–H groups in total. The fourth-order valence-electron chi connectivity index (χ4n) is 0.892. The number of ether oxygens (including phenoxy) is 1. The first-order chi connectivity index (χ1) is 6.18. The van der Waals surface area contributed by atoms with Crippen molar-refractivity contribution in [3.8, 4) is 5.88 Å².